The Balaban J connectivity index is 2.95. The predicted octanol–water partition coefficient (Wildman–Crippen LogP) is 0.723. The summed E-state index contributed by atoms with van der Waals surface area (Å²) in [5, 5.41) is 3.21. The zero-order chi connectivity index (χ0) is 7.11. The molecule has 2 heteroatoms. The smallest absolute Gasteiger partial charge is 0.0165 e. The quantitative estimate of drug-likeness (QED) is 0.575. The summed E-state index contributed by atoms with van der Waals surface area (Å²) >= 11 is 0. The molecule has 1 atom stereocenters. The van der Waals surface area contributed by atoms with E-state index in [1.54, 1.807) is 0 Å². The number of likely N-dealkylation sites (N-methyl/N-ethyl adjacent to an activating group) is 1. The van der Waals surface area contributed by atoms with Crippen molar-refractivity contribution in [2.24, 2.45) is 5.73 Å². The average molecular weight is 130 g/mol. The zero-order valence-electron chi connectivity index (χ0n) is 6.48. The molecule has 0 saturated heterocycles. The highest BCUT2D eigenvalue weighted by atomic mass is 14.9. The lowest BCUT2D eigenvalue weighted by molar-refractivity contribution is 0.549. The van der Waals surface area contributed by atoms with Gasteiger partial charge in [-0.2, -0.15) is 0 Å². The first-order valence-corrected chi connectivity index (χ1v) is 3.77. The Morgan fingerprint density at radius 3 is 2.56 bits per heavy atom. The number of nitrogens with two attached hydrogens (primary N) is 1. The number of rotatable bonds is 5. The molecular formula is C7H18N2. The van der Waals surface area contributed by atoms with Crippen LogP contribution in [0.3, 0.4) is 0 Å². The highest BCUT2D eigenvalue weighted by molar-refractivity contribution is 4.61. The minimum absolute atomic E-state index is 0.356. The van der Waals surface area contributed by atoms with Crippen LogP contribution in [0, 0.1) is 0 Å². The Labute approximate surface area is 57.8 Å². The lowest BCUT2D eigenvalue weighted by Gasteiger charge is -2.09. The molecule has 0 unspecified atom stereocenters. The summed E-state index contributed by atoms with van der Waals surface area (Å²) in [5.74, 6) is 0. The van der Waals surface area contributed by atoms with Crippen LogP contribution in [0.5, 0.6) is 0 Å². The Hall–Kier alpha value is -0.0800. The van der Waals surface area contributed by atoms with Crippen molar-refractivity contribution in [1.82, 2.24) is 5.32 Å². The van der Waals surface area contributed by atoms with E-state index in [1.165, 1.54) is 6.42 Å². The van der Waals surface area contributed by atoms with E-state index in [4.69, 9.17) is 5.73 Å². The highest BCUT2D eigenvalue weighted by Crippen LogP contribution is 1.89. The standard InChI is InChI=1S/C7H18N2/c1-3-5-7(8)6-9-4-2/h7,9H,3-6,8H2,1-2H3/t7-/m1/s1. The molecule has 0 heterocycles. The van der Waals surface area contributed by atoms with Gasteiger partial charge < -0.3 is 11.1 Å². The van der Waals surface area contributed by atoms with Gasteiger partial charge in [-0.25, -0.2) is 0 Å². The summed E-state index contributed by atoms with van der Waals surface area (Å²) in [5.41, 5.74) is 5.71. The monoisotopic (exact) mass is 130 g/mol. The molecule has 0 aromatic carbocycles. The highest BCUT2D eigenvalue weighted by Gasteiger charge is 1.96. The van der Waals surface area contributed by atoms with Crippen LogP contribution in [-0.4, -0.2) is 19.1 Å². The van der Waals surface area contributed by atoms with Crippen LogP contribution < -0.4 is 11.1 Å². The van der Waals surface area contributed by atoms with E-state index in [2.05, 4.69) is 19.2 Å². The molecule has 0 aliphatic heterocycles. The fraction of sp³-hybridized carbons (Fsp3) is 1.00. The Kier molecular flexibility index (Phi) is 5.99. The lowest BCUT2D eigenvalue weighted by Crippen LogP contribution is -2.33. The first-order chi connectivity index (χ1) is 4.31. The predicted molar refractivity (Wildman–Crippen MR) is 41.4 cm³/mol. The van der Waals surface area contributed by atoms with Gasteiger partial charge in [0.05, 0.1) is 0 Å². The van der Waals surface area contributed by atoms with Crippen LogP contribution in [0.4, 0.5) is 0 Å². The number of nitrogens with one attached hydrogen (secondary N) is 1. The number of hydrogen-bond acceptors (Lipinski definition) is 2. The largest absolute Gasteiger partial charge is 0.327 e. The van der Waals surface area contributed by atoms with Gasteiger partial charge in [0.25, 0.3) is 0 Å². The fourth-order valence-electron chi connectivity index (χ4n) is 0.803. The molecule has 0 amide bonds. The van der Waals surface area contributed by atoms with Crippen LogP contribution in [0.1, 0.15) is 26.7 Å². The topological polar surface area (TPSA) is 38.0 Å². The van der Waals surface area contributed by atoms with Gasteiger partial charge in [0.2, 0.25) is 0 Å². The third-order valence-electron chi connectivity index (χ3n) is 1.32. The van der Waals surface area contributed by atoms with Crippen molar-refractivity contribution in [3.8, 4) is 0 Å². The van der Waals surface area contributed by atoms with E-state index in [-0.39, 0.29) is 0 Å². The third-order valence-corrected chi connectivity index (χ3v) is 1.32. The lowest BCUT2D eigenvalue weighted by atomic mass is 10.2. The minimum Gasteiger partial charge on any atom is -0.327 e. The van der Waals surface area contributed by atoms with Gasteiger partial charge in [-0.15, -0.1) is 0 Å². The molecule has 0 saturated carbocycles. The van der Waals surface area contributed by atoms with E-state index in [1.807, 2.05) is 0 Å². The maximum absolute atomic E-state index is 5.71. The summed E-state index contributed by atoms with van der Waals surface area (Å²) in [4.78, 5) is 0. The summed E-state index contributed by atoms with van der Waals surface area (Å²) in [6.45, 7) is 6.24. The molecule has 56 valence electrons. The molecule has 0 fully saturated rings. The summed E-state index contributed by atoms with van der Waals surface area (Å²) in [6, 6.07) is 0.356. The molecule has 2 nitrogen and oxygen atoms in total. The van der Waals surface area contributed by atoms with Crippen molar-refractivity contribution in [1.29, 1.82) is 0 Å². The van der Waals surface area contributed by atoms with E-state index in [0.717, 1.165) is 19.5 Å². The second kappa shape index (κ2) is 6.05. The Bertz CT molecular complexity index is 54.9. The average Bonchev–Trinajstić information content (AvgIpc) is 1.85. The van der Waals surface area contributed by atoms with Gasteiger partial charge >= 0.3 is 0 Å². The first-order valence-electron chi connectivity index (χ1n) is 3.77. The molecule has 9 heavy (non-hydrogen) atoms. The molecule has 0 rings (SSSR count). The Morgan fingerprint density at radius 1 is 1.44 bits per heavy atom. The zero-order valence-corrected chi connectivity index (χ0v) is 6.48. The van der Waals surface area contributed by atoms with Gasteiger partial charge in [-0.05, 0) is 13.0 Å². The van der Waals surface area contributed by atoms with Crippen molar-refractivity contribution in [2.75, 3.05) is 13.1 Å². The molecule has 3 N–H and O–H groups in total. The molecule has 0 aromatic rings. The molecule has 0 aromatic heterocycles. The Morgan fingerprint density at radius 2 is 2.11 bits per heavy atom. The van der Waals surface area contributed by atoms with Crippen LogP contribution in [-0.2, 0) is 0 Å². The van der Waals surface area contributed by atoms with Crippen molar-refractivity contribution in [2.45, 2.75) is 32.7 Å². The number of hydrogen-bond donors (Lipinski definition) is 2. The van der Waals surface area contributed by atoms with E-state index in [9.17, 15) is 0 Å². The van der Waals surface area contributed by atoms with Crippen LogP contribution >= 0.6 is 0 Å². The minimum atomic E-state index is 0.356. The summed E-state index contributed by atoms with van der Waals surface area (Å²) < 4.78 is 0. The summed E-state index contributed by atoms with van der Waals surface area (Å²) in [6.07, 6.45) is 2.32. The van der Waals surface area contributed by atoms with Gasteiger partial charge in [0.1, 0.15) is 0 Å². The molecule has 0 aliphatic rings. The van der Waals surface area contributed by atoms with Gasteiger partial charge in [-0.1, -0.05) is 20.3 Å². The first kappa shape index (κ1) is 8.92. The van der Waals surface area contributed by atoms with Crippen molar-refractivity contribution in [3.05, 3.63) is 0 Å². The summed E-state index contributed by atoms with van der Waals surface area (Å²) in [7, 11) is 0. The SMILES string of the molecule is CCC[C@@H](N)CNCC. The van der Waals surface area contributed by atoms with Crippen molar-refractivity contribution in [3.63, 3.8) is 0 Å². The van der Waals surface area contributed by atoms with Gasteiger partial charge in [0, 0.05) is 12.6 Å². The van der Waals surface area contributed by atoms with E-state index >= 15 is 0 Å². The normalized spacial score (nSPS) is 13.7. The van der Waals surface area contributed by atoms with Crippen LogP contribution in [0.2, 0.25) is 0 Å². The second-order valence-electron chi connectivity index (χ2n) is 2.36. The van der Waals surface area contributed by atoms with Crippen molar-refractivity contribution >= 4 is 0 Å². The fourth-order valence-corrected chi connectivity index (χ4v) is 0.803. The second-order valence-corrected chi connectivity index (χ2v) is 2.36. The molecule has 0 radical (unpaired) electrons. The van der Waals surface area contributed by atoms with Gasteiger partial charge in [-0.3, -0.25) is 0 Å². The van der Waals surface area contributed by atoms with Crippen LogP contribution in [0.25, 0.3) is 0 Å². The third kappa shape index (κ3) is 5.80. The maximum Gasteiger partial charge on any atom is 0.0165 e. The molecular weight excluding hydrogens is 112 g/mol. The van der Waals surface area contributed by atoms with Crippen molar-refractivity contribution < 1.29 is 0 Å². The van der Waals surface area contributed by atoms with E-state index in [0.29, 0.717) is 6.04 Å². The molecule has 0 aliphatic carbocycles. The van der Waals surface area contributed by atoms with Gasteiger partial charge in [0.15, 0.2) is 0 Å². The molecule has 0 spiro atoms. The van der Waals surface area contributed by atoms with Crippen LogP contribution in [0.15, 0.2) is 0 Å². The van der Waals surface area contributed by atoms with E-state index < -0.39 is 0 Å². The molecule has 0 bridgehead atoms. The maximum atomic E-state index is 5.71.